The maximum absolute atomic E-state index is 12.8. The Hall–Kier alpha value is -2.37. The Morgan fingerprint density at radius 2 is 1.93 bits per heavy atom. The van der Waals surface area contributed by atoms with Gasteiger partial charge in [-0.25, -0.2) is 4.98 Å². The van der Waals surface area contributed by atoms with E-state index in [2.05, 4.69) is 25.3 Å². The molecule has 0 aliphatic carbocycles. The molecule has 0 spiro atoms. The molecule has 0 fully saturated rings. The molecule has 2 rings (SSSR count). The molecule has 166 valence electrons. The lowest BCUT2D eigenvalue weighted by atomic mass is 10.2. The summed E-state index contributed by atoms with van der Waals surface area (Å²) in [6.07, 6.45) is 1.75. The fraction of sp³-hybridized carbons (Fsp3) is 0.400. The minimum absolute atomic E-state index is 0. The minimum atomic E-state index is -2.94. The van der Waals surface area contributed by atoms with Crippen molar-refractivity contribution < 1.29 is 18.3 Å². The van der Waals surface area contributed by atoms with E-state index < -0.39 is 6.61 Å². The third-order valence-corrected chi connectivity index (χ3v) is 3.97. The first-order valence-corrected chi connectivity index (χ1v) is 9.20. The van der Waals surface area contributed by atoms with E-state index >= 15 is 0 Å². The van der Waals surface area contributed by atoms with Gasteiger partial charge in [0.2, 0.25) is 0 Å². The molecule has 0 amide bonds. The van der Waals surface area contributed by atoms with Crippen molar-refractivity contribution in [2.75, 3.05) is 32.6 Å². The van der Waals surface area contributed by atoms with E-state index in [9.17, 15) is 8.78 Å². The monoisotopic (exact) mass is 535 g/mol. The number of guanidine groups is 1. The number of ether oxygens (including phenoxy) is 2. The second-order valence-corrected chi connectivity index (χ2v) is 6.25. The van der Waals surface area contributed by atoms with Crippen LogP contribution in [0, 0.1) is 0 Å². The number of benzene rings is 1. The lowest BCUT2D eigenvalue weighted by Gasteiger charge is -2.17. The van der Waals surface area contributed by atoms with Gasteiger partial charge in [0.1, 0.15) is 5.82 Å². The van der Waals surface area contributed by atoms with Crippen molar-refractivity contribution in [3.8, 4) is 11.5 Å². The Morgan fingerprint density at radius 3 is 2.57 bits per heavy atom. The SMILES string of the molecule is CCOc1cccc(CNC(=NC)NCc2ccnc(N(C)C)c2)c1OC(F)F.I. The molecular weight excluding hydrogens is 507 g/mol. The molecular formula is C20H28F2IN5O2. The first-order chi connectivity index (χ1) is 13.9. The summed E-state index contributed by atoms with van der Waals surface area (Å²) >= 11 is 0. The van der Waals surface area contributed by atoms with E-state index in [4.69, 9.17) is 4.74 Å². The van der Waals surface area contributed by atoms with Crippen molar-refractivity contribution in [1.29, 1.82) is 0 Å². The lowest BCUT2D eigenvalue weighted by molar-refractivity contribution is -0.0520. The average Bonchev–Trinajstić information content (AvgIpc) is 2.70. The van der Waals surface area contributed by atoms with Gasteiger partial charge >= 0.3 is 6.61 Å². The van der Waals surface area contributed by atoms with Crippen LogP contribution in [0.4, 0.5) is 14.6 Å². The largest absolute Gasteiger partial charge is 0.490 e. The number of alkyl halides is 2. The Morgan fingerprint density at radius 1 is 1.20 bits per heavy atom. The Balaban J connectivity index is 0.00000450. The van der Waals surface area contributed by atoms with Crippen LogP contribution >= 0.6 is 24.0 Å². The number of rotatable bonds is 9. The van der Waals surface area contributed by atoms with Crippen LogP contribution < -0.4 is 25.0 Å². The molecule has 0 bridgehead atoms. The Bertz CT molecular complexity index is 822. The summed E-state index contributed by atoms with van der Waals surface area (Å²) in [5.41, 5.74) is 1.57. The second-order valence-electron chi connectivity index (χ2n) is 6.25. The van der Waals surface area contributed by atoms with Gasteiger partial charge < -0.3 is 25.0 Å². The number of hydrogen-bond acceptors (Lipinski definition) is 5. The average molecular weight is 535 g/mol. The van der Waals surface area contributed by atoms with E-state index in [0.717, 1.165) is 11.4 Å². The molecule has 0 saturated heterocycles. The smallest absolute Gasteiger partial charge is 0.387 e. The van der Waals surface area contributed by atoms with Gasteiger partial charge in [-0.3, -0.25) is 4.99 Å². The van der Waals surface area contributed by atoms with Crippen molar-refractivity contribution in [3.05, 3.63) is 47.7 Å². The van der Waals surface area contributed by atoms with E-state index in [0.29, 0.717) is 24.7 Å². The summed E-state index contributed by atoms with van der Waals surface area (Å²) in [6.45, 7) is -0.0421. The normalized spacial score (nSPS) is 11.0. The van der Waals surface area contributed by atoms with Gasteiger partial charge in [0, 0.05) is 46.0 Å². The minimum Gasteiger partial charge on any atom is -0.490 e. The molecule has 0 radical (unpaired) electrons. The van der Waals surface area contributed by atoms with E-state index in [1.165, 1.54) is 0 Å². The molecule has 10 heteroatoms. The van der Waals surface area contributed by atoms with Gasteiger partial charge in [-0.15, -0.1) is 24.0 Å². The Labute approximate surface area is 192 Å². The highest BCUT2D eigenvalue weighted by Crippen LogP contribution is 2.32. The van der Waals surface area contributed by atoms with Crippen molar-refractivity contribution >= 4 is 35.8 Å². The van der Waals surface area contributed by atoms with Gasteiger partial charge in [-0.05, 0) is 30.7 Å². The number of anilines is 1. The van der Waals surface area contributed by atoms with Crippen molar-refractivity contribution in [2.45, 2.75) is 26.6 Å². The van der Waals surface area contributed by atoms with Gasteiger partial charge in [0.05, 0.1) is 6.61 Å². The van der Waals surface area contributed by atoms with E-state index in [1.807, 2.05) is 31.1 Å². The maximum Gasteiger partial charge on any atom is 0.387 e. The predicted octanol–water partition coefficient (Wildman–Crippen LogP) is 3.63. The number of nitrogens with zero attached hydrogens (tertiary/aromatic N) is 3. The van der Waals surface area contributed by atoms with Crippen LogP contribution in [0.2, 0.25) is 0 Å². The highest BCUT2D eigenvalue weighted by molar-refractivity contribution is 14.0. The molecule has 0 saturated carbocycles. The van der Waals surface area contributed by atoms with Crippen LogP contribution in [-0.2, 0) is 13.1 Å². The van der Waals surface area contributed by atoms with Gasteiger partial charge in [0.25, 0.3) is 0 Å². The zero-order valence-electron chi connectivity index (χ0n) is 17.5. The summed E-state index contributed by atoms with van der Waals surface area (Å²) < 4.78 is 35.8. The number of hydrogen-bond donors (Lipinski definition) is 2. The van der Waals surface area contributed by atoms with E-state index in [1.54, 1.807) is 38.4 Å². The summed E-state index contributed by atoms with van der Waals surface area (Å²) in [5, 5.41) is 6.30. The summed E-state index contributed by atoms with van der Waals surface area (Å²) in [7, 11) is 5.49. The van der Waals surface area contributed by atoms with Crippen molar-refractivity contribution in [3.63, 3.8) is 0 Å². The molecule has 0 aliphatic rings. The number of pyridine rings is 1. The van der Waals surface area contributed by atoms with E-state index in [-0.39, 0.29) is 42.0 Å². The molecule has 0 atom stereocenters. The van der Waals surface area contributed by atoms with Crippen molar-refractivity contribution in [1.82, 2.24) is 15.6 Å². The van der Waals surface area contributed by atoms with Gasteiger partial charge in [-0.2, -0.15) is 8.78 Å². The maximum atomic E-state index is 12.8. The molecule has 1 aromatic carbocycles. The van der Waals surface area contributed by atoms with Gasteiger partial charge in [0.15, 0.2) is 17.5 Å². The first kappa shape index (κ1) is 25.7. The Kier molecular flexibility index (Phi) is 11.2. The van der Waals surface area contributed by atoms with Crippen LogP contribution in [0.15, 0.2) is 41.5 Å². The molecule has 7 nitrogen and oxygen atoms in total. The van der Waals surface area contributed by atoms with Crippen LogP contribution in [0.3, 0.4) is 0 Å². The van der Waals surface area contributed by atoms with Crippen LogP contribution in [0.5, 0.6) is 11.5 Å². The molecule has 2 N–H and O–H groups in total. The fourth-order valence-corrected chi connectivity index (χ4v) is 2.59. The lowest BCUT2D eigenvalue weighted by Crippen LogP contribution is -2.36. The van der Waals surface area contributed by atoms with Crippen LogP contribution in [-0.4, -0.2) is 45.3 Å². The summed E-state index contributed by atoms with van der Waals surface area (Å²) in [4.78, 5) is 10.4. The fourth-order valence-electron chi connectivity index (χ4n) is 2.59. The number of para-hydroxylation sites is 1. The highest BCUT2D eigenvalue weighted by Gasteiger charge is 2.16. The van der Waals surface area contributed by atoms with Gasteiger partial charge in [-0.1, -0.05) is 12.1 Å². The standard InChI is InChI=1S/C20H27F2N5O2.HI/c1-5-28-16-8-6-7-15(18(16)29-19(21)22)13-26-20(23-2)25-12-14-9-10-24-17(11-14)27(3)4;/h6-11,19H,5,12-13H2,1-4H3,(H2,23,25,26);1H. The third-order valence-electron chi connectivity index (χ3n) is 3.97. The van der Waals surface area contributed by atoms with Crippen LogP contribution in [0.1, 0.15) is 18.1 Å². The summed E-state index contributed by atoms with van der Waals surface area (Å²) in [6, 6.07) is 8.92. The molecule has 1 aromatic heterocycles. The molecule has 0 unspecified atom stereocenters. The van der Waals surface area contributed by atoms with Crippen molar-refractivity contribution in [2.24, 2.45) is 4.99 Å². The number of nitrogens with one attached hydrogen (secondary N) is 2. The molecule has 30 heavy (non-hydrogen) atoms. The first-order valence-electron chi connectivity index (χ1n) is 9.20. The number of aliphatic imine (C=N–C) groups is 1. The predicted molar refractivity (Wildman–Crippen MR) is 125 cm³/mol. The third kappa shape index (κ3) is 7.81. The zero-order chi connectivity index (χ0) is 21.2. The molecule has 2 aromatic rings. The highest BCUT2D eigenvalue weighted by atomic mass is 127. The number of aromatic nitrogens is 1. The number of halogens is 3. The van der Waals surface area contributed by atoms with Crippen LogP contribution in [0.25, 0.3) is 0 Å². The topological polar surface area (TPSA) is 71.0 Å². The second kappa shape index (κ2) is 13.0. The molecule has 0 aliphatic heterocycles. The molecule has 1 heterocycles. The zero-order valence-corrected chi connectivity index (χ0v) is 19.8. The quantitative estimate of drug-likeness (QED) is 0.291. The summed E-state index contributed by atoms with van der Waals surface area (Å²) in [5.74, 6) is 1.69.